The Hall–Kier alpha value is -2.43. The minimum Gasteiger partial charge on any atom is -0.496 e. The fraction of sp³-hybridized carbons (Fsp3) is 0.188. The van der Waals surface area contributed by atoms with E-state index in [1.54, 1.807) is 13.0 Å². The van der Waals surface area contributed by atoms with Gasteiger partial charge in [0.1, 0.15) is 11.6 Å². The summed E-state index contributed by atoms with van der Waals surface area (Å²) in [6.45, 7) is 1.38. The first-order chi connectivity index (χ1) is 10.0. The van der Waals surface area contributed by atoms with Crippen LogP contribution >= 0.6 is 0 Å². The topological polar surface area (TPSA) is 35.5 Å². The number of carbonyl (C=O) groups excluding carboxylic acids is 1. The van der Waals surface area contributed by atoms with Gasteiger partial charge in [0, 0.05) is 0 Å². The van der Waals surface area contributed by atoms with E-state index in [9.17, 15) is 13.6 Å². The molecule has 0 atom stereocenters. The second-order valence-electron chi connectivity index (χ2n) is 4.49. The Labute approximate surface area is 121 Å². The van der Waals surface area contributed by atoms with Crippen molar-refractivity contribution in [1.82, 2.24) is 0 Å². The second-order valence-corrected chi connectivity index (χ2v) is 4.49. The van der Waals surface area contributed by atoms with Gasteiger partial charge in [0.05, 0.1) is 12.7 Å². The van der Waals surface area contributed by atoms with Crippen LogP contribution in [-0.2, 0) is 0 Å². The second kappa shape index (κ2) is 6.35. The van der Waals surface area contributed by atoms with Crippen LogP contribution in [0.15, 0.2) is 36.4 Å². The van der Waals surface area contributed by atoms with E-state index < -0.39 is 24.0 Å². The van der Waals surface area contributed by atoms with E-state index in [1.165, 1.54) is 31.4 Å². The molecule has 0 saturated carbocycles. The number of carbonyl (C=O) groups is 1. The maximum atomic E-state index is 13.5. The first-order valence-electron chi connectivity index (χ1n) is 6.27. The van der Waals surface area contributed by atoms with Crippen molar-refractivity contribution in [3.05, 3.63) is 59.2 Å². The molecule has 0 aromatic heterocycles. The molecule has 0 amide bonds. The predicted octanol–water partition coefficient (Wildman–Crippen LogP) is 3.54. The number of rotatable bonds is 5. The number of methoxy groups -OCH3 is 1. The van der Waals surface area contributed by atoms with Gasteiger partial charge in [0.15, 0.2) is 18.2 Å². The Morgan fingerprint density at radius 3 is 2.57 bits per heavy atom. The Morgan fingerprint density at radius 2 is 1.86 bits per heavy atom. The van der Waals surface area contributed by atoms with E-state index >= 15 is 0 Å². The number of hydrogen-bond donors (Lipinski definition) is 0. The lowest BCUT2D eigenvalue weighted by Gasteiger charge is -2.10. The zero-order chi connectivity index (χ0) is 15.4. The zero-order valence-electron chi connectivity index (χ0n) is 11.7. The lowest BCUT2D eigenvalue weighted by molar-refractivity contribution is 0.0915. The van der Waals surface area contributed by atoms with Crippen LogP contribution in [-0.4, -0.2) is 19.5 Å². The number of benzene rings is 2. The normalized spacial score (nSPS) is 10.3. The van der Waals surface area contributed by atoms with Crippen LogP contribution in [0.3, 0.4) is 0 Å². The molecule has 0 N–H and O–H groups in total. The van der Waals surface area contributed by atoms with Gasteiger partial charge in [-0.25, -0.2) is 8.78 Å². The highest BCUT2D eigenvalue weighted by molar-refractivity contribution is 5.99. The summed E-state index contributed by atoms with van der Waals surface area (Å²) in [5.74, 6) is -1.37. The highest BCUT2D eigenvalue weighted by Crippen LogP contribution is 2.22. The highest BCUT2D eigenvalue weighted by Gasteiger charge is 2.15. The third kappa shape index (κ3) is 3.56. The number of halogens is 2. The van der Waals surface area contributed by atoms with Crippen molar-refractivity contribution in [2.24, 2.45) is 0 Å². The largest absolute Gasteiger partial charge is 0.496 e. The summed E-state index contributed by atoms with van der Waals surface area (Å²) < 4.78 is 36.9. The van der Waals surface area contributed by atoms with Crippen molar-refractivity contribution in [2.75, 3.05) is 13.7 Å². The summed E-state index contributed by atoms with van der Waals surface area (Å²) in [4.78, 5) is 12.1. The number of Topliss-reactive ketones (excluding diaryl/α,β-unsaturated/α-hetero) is 1. The lowest BCUT2D eigenvalue weighted by Crippen LogP contribution is -2.13. The first kappa shape index (κ1) is 15.0. The third-order valence-corrected chi connectivity index (χ3v) is 2.91. The van der Waals surface area contributed by atoms with E-state index in [0.717, 1.165) is 11.6 Å². The summed E-state index contributed by atoms with van der Waals surface area (Å²) in [6, 6.07) is 7.96. The summed E-state index contributed by atoms with van der Waals surface area (Å²) in [7, 11) is 1.38. The number of ether oxygens (including phenoxy) is 2. The number of aryl methyl sites for hydroxylation is 1. The fourth-order valence-corrected chi connectivity index (χ4v) is 1.84. The van der Waals surface area contributed by atoms with Crippen molar-refractivity contribution >= 4 is 5.78 Å². The molecule has 0 heterocycles. The van der Waals surface area contributed by atoms with Crippen LogP contribution in [0.1, 0.15) is 15.9 Å². The van der Waals surface area contributed by atoms with Gasteiger partial charge in [-0.15, -0.1) is 0 Å². The summed E-state index contributed by atoms with van der Waals surface area (Å²) in [5.41, 5.74) is 0.868. The molecule has 2 rings (SSSR count). The molecule has 2 aromatic rings. The maximum absolute atomic E-state index is 13.5. The molecule has 21 heavy (non-hydrogen) atoms. The van der Waals surface area contributed by atoms with Crippen molar-refractivity contribution in [3.63, 3.8) is 0 Å². The molecule has 2 aromatic carbocycles. The van der Waals surface area contributed by atoms with Gasteiger partial charge in [0.25, 0.3) is 0 Å². The standard InChI is InChI=1S/C16H14F2O3/c1-10-3-5-13(18)16(7-10)21-9-14(19)12-8-11(17)4-6-15(12)20-2/h3-8H,9H2,1-2H3. The third-order valence-electron chi connectivity index (χ3n) is 2.91. The summed E-state index contributed by atoms with van der Waals surface area (Å²) in [6.07, 6.45) is 0. The van der Waals surface area contributed by atoms with Crippen LogP contribution in [0.25, 0.3) is 0 Å². The molecule has 0 aliphatic heterocycles. The molecular weight excluding hydrogens is 278 g/mol. The molecule has 0 saturated heterocycles. The lowest BCUT2D eigenvalue weighted by atomic mass is 10.1. The van der Waals surface area contributed by atoms with Gasteiger partial charge in [-0.3, -0.25) is 4.79 Å². The number of hydrogen-bond acceptors (Lipinski definition) is 3. The first-order valence-corrected chi connectivity index (χ1v) is 6.27. The quantitative estimate of drug-likeness (QED) is 0.791. The predicted molar refractivity (Wildman–Crippen MR) is 73.9 cm³/mol. The van der Waals surface area contributed by atoms with Crippen molar-refractivity contribution in [3.8, 4) is 11.5 Å². The average molecular weight is 292 g/mol. The van der Waals surface area contributed by atoms with Gasteiger partial charge >= 0.3 is 0 Å². The molecule has 0 radical (unpaired) electrons. The van der Waals surface area contributed by atoms with Crippen LogP contribution in [0.2, 0.25) is 0 Å². The van der Waals surface area contributed by atoms with E-state index in [4.69, 9.17) is 9.47 Å². The molecular formula is C16H14F2O3. The SMILES string of the molecule is COc1ccc(F)cc1C(=O)COc1cc(C)ccc1F. The molecule has 0 spiro atoms. The monoisotopic (exact) mass is 292 g/mol. The Balaban J connectivity index is 2.15. The zero-order valence-corrected chi connectivity index (χ0v) is 11.7. The average Bonchev–Trinajstić information content (AvgIpc) is 2.47. The maximum Gasteiger partial charge on any atom is 0.204 e. The Morgan fingerprint density at radius 1 is 1.10 bits per heavy atom. The highest BCUT2D eigenvalue weighted by atomic mass is 19.1. The van der Waals surface area contributed by atoms with Gasteiger partial charge in [-0.1, -0.05) is 6.07 Å². The van der Waals surface area contributed by atoms with Crippen molar-refractivity contribution in [1.29, 1.82) is 0 Å². The molecule has 0 aliphatic rings. The molecule has 0 bridgehead atoms. The molecule has 110 valence electrons. The molecule has 5 heteroatoms. The van der Waals surface area contributed by atoms with E-state index in [0.29, 0.717) is 0 Å². The Bertz CT molecular complexity index is 669. The smallest absolute Gasteiger partial charge is 0.204 e. The van der Waals surface area contributed by atoms with Crippen molar-refractivity contribution in [2.45, 2.75) is 6.92 Å². The molecule has 0 fully saturated rings. The van der Waals surface area contributed by atoms with Crippen LogP contribution in [0.4, 0.5) is 8.78 Å². The minimum atomic E-state index is -0.556. The van der Waals surface area contributed by atoms with Gasteiger partial charge in [0.2, 0.25) is 5.78 Å². The van der Waals surface area contributed by atoms with E-state index in [-0.39, 0.29) is 17.1 Å². The molecule has 0 unspecified atom stereocenters. The fourth-order valence-electron chi connectivity index (χ4n) is 1.84. The van der Waals surface area contributed by atoms with Gasteiger partial charge in [-0.2, -0.15) is 0 Å². The molecule has 0 aliphatic carbocycles. The van der Waals surface area contributed by atoms with Gasteiger partial charge in [-0.05, 0) is 42.8 Å². The summed E-state index contributed by atoms with van der Waals surface area (Å²) in [5, 5.41) is 0. The van der Waals surface area contributed by atoms with Gasteiger partial charge < -0.3 is 9.47 Å². The van der Waals surface area contributed by atoms with E-state index in [2.05, 4.69) is 0 Å². The van der Waals surface area contributed by atoms with Crippen LogP contribution in [0, 0.1) is 18.6 Å². The molecule has 3 nitrogen and oxygen atoms in total. The van der Waals surface area contributed by atoms with Crippen LogP contribution in [0.5, 0.6) is 11.5 Å². The van der Waals surface area contributed by atoms with Crippen molar-refractivity contribution < 1.29 is 23.0 Å². The van der Waals surface area contributed by atoms with E-state index in [1.807, 2.05) is 0 Å². The van der Waals surface area contributed by atoms with Crippen LogP contribution < -0.4 is 9.47 Å². The summed E-state index contributed by atoms with van der Waals surface area (Å²) >= 11 is 0. The Kier molecular flexibility index (Phi) is 4.52. The number of ketones is 1. The minimum absolute atomic E-state index is 0.0151.